The van der Waals surface area contributed by atoms with Crippen molar-refractivity contribution in [3.63, 3.8) is 0 Å². The van der Waals surface area contributed by atoms with E-state index in [1.165, 1.54) is 5.56 Å². The minimum absolute atomic E-state index is 0.132. The Morgan fingerprint density at radius 2 is 1.48 bits per heavy atom. The van der Waals surface area contributed by atoms with Crippen molar-refractivity contribution >= 4 is 15.9 Å². The Morgan fingerprint density at radius 3 is 2.10 bits per heavy atom. The Balaban J connectivity index is 1.82. The normalized spacial score (nSPS) is 11.2. The van der Waals surface area contributed by atoms with Crippen molar-refractivity contribution in [2.75, 3.05) is 13.2 Å². The van der Waals surface area contributed by atoms with Crippen molar-refractivity contribution in [1.29, 1.82) is 0 Å². The molecule has 0 aliphatic carbocycles. The molecule has 112 valence electrons. The number of ether oxygens (including phenoxy) is 2. The van der Waals surface area contributed by atoms with E-state index in [9.17, 15) is 0 Å². The summed E-state index contributed by atoms with van der Waals surface area (Å²) in [5.74, 6) is 1.74. The van der Waals surface area contributed by atoms with E-state index in [1.54, 1.807) is 0 Å². The lowest BCUT2D eigenvalue weighted by atomic mass is 9.87. The molecule has 0 aliphatic heterocycles. The highest BCUT2D eigenvalue weighted by Gasteiger charge is 2.13. The summed E-state index contributed by atoms with van der Waals surface area (Å²) in [4.78, 5) is 0. The van der Waals surface area contributed by atoms with Crippen LogP contribution in [0.2, 0.25) is 0 Å². The second-order valence-corrected chi connectivity index (χ2v) is 6.84. The van der Waals surface area contributed by atoms with Crippen LogP contribution in [0.3, 0.4) is 0 Å². The Hall–Kier alpha value is -1.48. The van der Waals surface area contributed by atoms with Crippen LogP contribution < -0.4 is 9.47 Å². The van der Waals surface area contributed by atoms with Gasteiger partial charge in [-0.3, -0.25) is 0 Å². The fraction of sp³-hybridized carbons (Fsp3) is 0.333. The maximum atomic E-state index is 5.75. The summed E-state index contributed by atoms with van der Waals surface area (Å²) in [7, 11) is 0. The van der Waals surface area contributed by atoms with Gasteiger partial charge in [0.25, 0.3) is 0 Å². The van der Waals surface area contributed by atoms with Gasteiger partial charge in [0.1, 0.15) is 24.7 Å². The SMILES string of the molecule is CC(C)(C)c1cccc(OCCOc2ccc(Br)cc2)c1. The van der Waals surface area contributed by atoms with Gasteiger partial charge in [-0.05, 0) is 47.4 Å². The van der Waals surface area contributed by atoms with Crippen LogP contribution in [0.4, 0.5) is 0 Å². The summed E-state index contributed by atoms with van der Waals surface area (Å²) in [5.41, 5.74) is 1.40. The minimum Gasteiger partial charge on any atom is -0.490 e. The van der Waals surface area contributed by atoms with Crippen LogP contribution in [-0.2, 0) is 5.41 Å². The predicted molar refractivity (Wildman–Crippen MR) is 90.3 cm³/mol. The molecule has 0 spiro atoms. The molecule has 0 aromatic heterocycles. The van der Waals surface area contributed by atoms with Gasteiger partial charge >= 0.3 is 0 Å². The second-order valence-electron chi connectivity index (χ2n) is 5.93. The third-order valence-corrected chi connectivity index (χ3v) is 3.66. The topological polar surface area (TPSA) is 18.5 Å². The first-order valence-corrected chi connectivity index (χ1v) is 7.86. The molecule has 0 bridgehead atoms. The van der Waals surface area contributed by atoms with Crippen LogP contribution >= 0.6 is 15.9 Å². The third-order valence-electron chi connectivity index (χ3n) is 3.13. The van der Waals surface area contributed by atoms with E-state index in [0.717, 1.165) is 16.0 Å². The fourth-order valence-electron chi connectivity index (χ4n) is 1.90. The molecule has 0 radical (unpaired) electrons. The molecule has 0 saturated carbocycles. The molecule has 2 aromatic carbocycles. The lowest BCUT2D eigenvalue weighted by molar-refractivity contribution is 0.217. The average molecular weight is 349 g/mol. The lowest BCUT2D eigenvalue weighted by Gasteiger charge is -2.19. The summed E-state index contributed by atoms with van der Waals surface area (Å²) in [6.45, 7) is 7.65. The molecule has 0 amide bonds. The van der Waals surface area contributed by atoms with Gasteiger partial charge in [0.05, 0.1) is 0 Å². The fourth-order valence-corrected chi connectivity index (χ4v) is 2.17. The molecule has 21 heavy (non-hydrogen) atoms. The zero-order valence-electron chi connectivity index (χ0n) is 12.7. The first-order chi connectivity index (χ1) is 9.95. The molecule has 0 fully saturated rings. The van der Waals surface area contributed by atoms with E-state index in [0.29, 0.717) is 13.2 Å². The highest BCUT2D eigenvalue weighted by molar-refractivity contribution is 9.10. The first kappa shape index (κ1) is 15.9. The van der Waals surface area contributed by atoms with Crippen molar-refractivity contribution in [1.82, 2.24) is 0 Å². The van der Waals surface area contributed by atoms with Crippen LogP contribution in [0.25, 0.3) is 0 Å². The van der Waals surface area contributed by atoms with Crippen LogP contribution in [0.15, 0.2) is 53.0 Å². The summed E-state index contributed by atoms with van der Waals surface area (Å²) in [5, 5.41) is 0. The van der Waals surface area contributed by atoms with Gasteiger partial charge in [-0.15, -0.1) is 0 Å². The molecule has 2 aromatic rings. The number of halogens is 1. The number of benzene rings is 2. The average Bonchev–Trinajstić information content (AvgIpc) is 2.45. The van der Waals surface area contributed by atoms with E-state index >= 15 is 0 Å². The van der Waals surface area contributed by atoms with Gasteiger partial charge in [-0.2, -0.15) is 0 Å². The van der Waals surface area contributed by atoms with Gasteiger partial charge in [-0.1, -0.05) is 48.8 Å². The van der Waals surface area contributed by atoms with Crippen molar-refractivity contribution in [2.45, 2.75) is 26.2 Å². The number of hydrogen-bond donors (Lipinski definition) is 0. The van der Waals surface area contributed by atoms with Gasteiger partial charge in [0.2, 0.25) is 0 Å². The van der Waals surface area contributed by atoms with Gasteiger partial charge in [0, 0.05) is 4.47 Å². The largest absolute Gasteiger partial charge is 0.490 e. The zero-order chi connectivity index (χ0) is 15.3. The van der Waals surface area contributed by atoms with E-state index in [2.05, 4.69) is 48.8 Å². The Labute approximate surface area is 135 Å². The number of hydrogen-bond acceptors (Lipinski definition) is 2. The molecular formula is C18H21BrO2. The zero-order valence-corrected chi connectivity index (χ0v) is 14.3. The van der Waals surface area contributed by atoms with Crippen LogP contribution in [0, 0.1) is 0 Å². The Bertz CT molecular complexity index is 571. The van der Waals surface area contributed by atoms with E-state index in [4.69, 9.17) is 9.47 Å². The highest BCUT2D eigenvalue weighted by atomic mass is 79.9. The lowest BCUT2D eigenvalue weighted by Crippen LogP contribution is -2.12. The quantitative estimate of drug-likeness (QED) is 0.691. The molecule has 2 rings (SSSR count). The molecule has 0 atom stereocenters. The van der Waals surface area contributed by atoms with Gasteiger partial charge < -0.3 is 9.47 Å². The molecule has 0 unspecified atom stereocenters. The summed E-state index contributed by atoms with van der Waals surface area (Å²) in [6.07, 6.45) is 0. The van der Waals surface area contributed by atoms with E-state index < -0.39 is 0 Å². The first-order valence-electron chi connectivity index (χ1n) is 7.07. The maximum Gasteiger partial charge on any atom is 0.122 e. The van der Waals surface area contributed by atoms with Crippen molar-refractivity contribution < 1.29 is 9.47 Å². The molecule has 3 heteroatoms. The van der Waals surface area contributed by atoms with Gasteiger partial charge in [0.15, 0.2) is 0 Å². The predicted octanol–water partition coefficient (Wildman–Crippen LogP) is 5.20. The molecule has 0 N–H and O–H groups in total. The third kappa shape index (κ3) is 5.09. The maximum absolute atomic E-state index is 5.75. The van der Waals surface area contributed by atoms with Crippen molar-refractivity contribution in [3.05, 3.63) is 58.6 Å². The molecular weight excluding hydrogens is 328 g/mol. The summed E-state index contributed by atoms with van der Waals surface area (Å²) in [6, 6.07) is 16.0. The summed E-state index contributed by atoms with van der Waals surface area (Å²) >= 11 is 3.40. The van der Waals surface area contributed by atoms with Crippen LogP contribution in [0.1, 0.15) is 26.3 Å². The smallest absolute Gasteiger partial charge is 0.122 e. The second kappa shape index (κ2) is 6.99. The van der Waals surface area contributed by atoms with Crippen LogP contribution in [0.5, 0.6) is 11.5 Å². The highest BCUT2D eigenvalue weighted by Crippen LogP contribution is 2.25. The molecule has 0 aliphatic rings. The van der Waals surface area contributed by atoms with E-state index in [1.807, 2.05) is 36.4 Å². The van der Waals surface area contributed by atoms with Crippen molar-refractivity contribution in [2.24, 2.45) is 0 Å². The molecule has 0 saturated heterocycles. The Morgan fingerprint density at radius 1 is 0.857 bits per heavy atom. The van der Waals surface area contributed by atoms with Gasteiger partial charge in [-0.25, -0.2) is 0 Å². The standard InChI is InChI=1S/C18H21BrO2/c1-18(2,3)14-5-4-6-17(13-14)21-12-11-20-16-9-7-15(19)8-10-16/h4-10,13H,11-12H2,1-3H3. The monoisotopic (exact) mass is 348 g/mol. The summed E-state index contributed by atoms with van der Waals surface area (Å²) < 4.78 is 12.4. The minimum atomic E-state index is 0.132. The number of rotatable bonds is 5. The van der Waals surface area contributed by atoms with Crippen molar-refractivity contribution in [3.8, 4) is 11.5 Å². The molecule has 0 heterocycles. The van der Waals surface area contributed by atoms with Crippen LogP contribution in [-0.4, -0.2) is 13.2 Å². The van der Waals surface area contributed by atoms with E-state index in [-0.39, 0.29) is 5.41 Å². The molecule has 2 nitrogen and oxygen atoms in total. The Kier molecular flexibility index (Phi) is 5.29.